The fourth-order valence-electron chi connectivity index (χ4n) is 3.36. The van der Waals surface area contributed by atoms with Crippen molar-refractivity contribution in [2.24, 2.45) is 5.92 Å². The molecular formula is C18H22N6OS2. The number of rotatable bonds is 6. The maximum absolute atomic E-state index is 10.8. The molecule has 1 aromatic heterocycles. The van der Waals surface area contributed by atoms with Crippen LogP contribution in [0.4, 0.5) is 5.82 Å². The fourth-order valence-corrected chi connectivity index (χ4v) is 5.25. The number of fused-ring (bicyclic) bond motifs is 1. The minimum absolute atomic E-state index is 0.419. The highest BCUT2D eigenvalue weighted by Crippen LogP contribution is 2.36. The van der Waals surface area contributed by atoms with Gasteiger partial charge in [0.25, 0.3) is 0 Å². The van der Waals surface area contributed by atoms with Gasteiger partial charge in [0.05, 0.1) is 10.5 Å². The van der Waals surface area contributed by atoms with Gasteiger partial charge in [-0.15, -0.1) is 11.3 Å². The monoisotopic (exact) mass is 402 g/mol. The number of carbonyl (C=O) groups is 1. The molecule has 0 unspecified atom stereocenters. The van der Waals surface area contributed by atoms with Gasteiger partial charge < -0.3 is 15.2 Å². The first kappa shape index (κ1) is 18.2. The van der Waals surface area contributed by atoms with Crippen molar-refractivity contribution in [1.82, 2.24) is 24.4 Å². The number of imidazole rings is 1. The van der Waals surface area contributed by atoms with E-state index < -0.39 is 0 Å². The molecule has 1 amide bonds. The van der Waals surface area contributed by atoms with Gasteiger partial charge in [-0.25, -0.2) is 15.0 Å². The van der Waals surface area contributed by atoms with Crippen LogP contribution in [0.2, 0.25) is 0 Å². The van der Waals surface area contributed by atoms with Crippen molar-refractivity contribution in [3.8, 4) is 11.5 Å². The average Bonchev–Trinajstić information content (AvgIpc) is 3.29. The van der Waals surface area contributed by atoms with Gasteiger partial charge in [-0.3, -0.25) is 4.79 Å². The lowest BCUT2D eigenvalue weighted by molar-refractivity contribution is -0.119. The molecule has 0 radical (unpaired) electrons. The number of hydrogen-bond donors (Lipinski definition) is 1. The van der Waals surface area contributed by atoms with E-state index in [0.717, 1.165) is 51.1 Å². The van der Waals surface area contributed by atoms with E-state index in [1.807, 2.05) is 4.90 Å². The number of amides is 1. The van der Waals surface area contributed by atoms with E-state index in [1.54, 1.807) is 29.4 Å². The Bertz CT molecular complexity index is 899. The molecule has 3 aliphatic heterocycles. The number of aryl methyl sites for hydroxylation is 2. The summed E-state index contributed by atoms with van der Waals surface area (Å²) in [6, 6.07) is 2.10. The molecule has 1 aromatic rings. The number of carbonyl (C=O) groups excluding carboxylic acids is 1. The van der Waals surface area contributed by atoms with Crippen molar-refractivity contribution in [1.29, 1.82) is 0 Å². The maximum Gasteiger partial charge on any atom is 0.209 e. The zero-order valence-electron chi connectivity index (χ0n) is 15.2. The summed E-state index contributed by atoms with van der Waals surface area (Å²) in [6.45, 7) is 4.63. The number of piperidine rings is 1. The molecule has 1 saturated heterocycles. The van der Waals surface area contributed by atoms with Gasteiger partial charge >= 0.3 is 0 Å². The summed E-state index contributed by atoms with van der Waals surface area (Å²) in [5, 5.41) is 2.79. The van der Waals surface area contributed by atoms with Gasteiger partial charge in [0, 0.05) is 19.6 Å². The lowest BCUT2D eigenvalue weighted by Gasteiger charge is -2.29. The minimum Gasteiger partial charge on any atom is -0.382 e. The highest BCUT2D eigenvalue weighted by Gasteiger charge is 2.22. The Balaban J connectivity index is 1.49. The largest absolute Gasteiger partial charge is 0.382 e. The number of nitrogen functional groups attached to an aromatic ring is 1. The Kier molecular flexibility index (Phi) is 5.31. The predicted octanol–water partition coefficient (Wildman–Crippen LogP) is 3.14. The third-order valence-corrected chi connectivity index (χ3v) is 7.27. The molecule has 4 rings (SSSR count). The molecule has 7 nitrogen and oxygen atoms in total. The molecule has 0 aliphatic carbocycles. The number of thiophene rings is 1. The predicted molar refractivity (Wildman–Crippen MR) is 107 cm³/mol. The number of nitrogens with zero attached hydrogens (tertiary/aromatic N) is 5. The first-order valence-corrected chi connectivity index (χ1v) is 10.7. The summed E-state index contributed by atoms with van der Waals surface area (Å²) >= 11 is 3.27. The molecule has 0 saturated carbocycles. The zero-order chi connectivity index (χ0) is 18.8. The lowest BCUT2D eigenvalue weighted by Crippen LogP contribution is -2.32. The van der Waals surface area contributed by atoms with Crippen LogP contribution >= 0.6 is 23.1 Å². The fraction of sp³-hybridized carbons (Fsp3) is 0.444. The summed E-state index contributed by atoms with van der Waals surface area (Å²) in [6.07, 6.45) is 5.86. The molecule has 0 aromatic carbocycles. The molecule has 27 heavy (non-hydrogen) atoms. The highest BCUT2D eigenvalue weighted by molar-refractivity contribution is 8.01. The Morgan fingerprint density at radius 2 is 2.19 bits per heavy atom. The van der Waals surface area contributed by atoms with Gasteiger partial charge in [-0.05, 0) is 60.9 Å². The average molecular weight is 403 g/mol. The van der Waals surface area contributed by atoms with Crippen LogP contribution < -0.4 is 5.73 Å². The van der Waals surface area contributed by atoms with Crippen LogP contribution in [-0.4, -0.2) is 43.9 Å². The van der Waals surface area contributed by atoms with Gasteiger partial charge in [-0.1, -0.05) is 0 Å². The molecule has 1 fully saturated rings. The third kappa shape index (κ3) is 3.93. The van der Waals surface area contributed by atoms with Crippen LogP contribution in [0.1, 0.15) is 24.8 Å². The second-order valence-corrected chi connectivity index (χ2v) is 9.02. The normalized spacial score (nSPS) is 15.5. The molecule has 3 aliphatic rings. The summed E-state index contributed by atoms with van der Waals surface area (Å²) < 4.78 is 3.25. The van der Waals surface area contributed by atoms with Gasteiger partial charge in [0.2, 0.25) is 6.41 Å². The van der Waals surface area contributed by atoms with E-state index in [2.05, 4.69) is 32.9 Å². The Hall–Kier alpha value is -2.13. The van der Waals surface area contributed by atoms with Gasteiger partial charge in [0.1, 0.15) is 0 Å². The van der Waals surface area contributed by atoms with E-state index in [1.165, 1.54) is 9.77 Å². The van der Waals surface area contributed by atoms with Crippen LogP contribution in [0.3, 0.4) is 0 Å². The second-order valence-electron chi connectivity index (χ2n) is 6.87. The molecule has 0 bridgehead atoms. The molecule has 0 spiro atoms. The van der Waals surface area contributed by atoms with E-state index in [0.29, 0.717) is 22.6 Å². The summed E-state index contributed by atoms with van der Waals surface area (Å²) in [7, 11) is 0. The van der Waals surface area contributed by atoms with Crippen molar-refractivity contribution >= 4 is 35.3 Å². The standard InChI is InChI=1S/C18H22N6OS2/c1-12-5-9-26-17(12)27-18-21-14-15(19)20-10-24(16(14)22-18)8-4-13-2-6-23(11-25)7-3-13/h5,9-11,13H,2-4,6-8,19H2,1H3. The minimum atomic E-state index is 0.419. The Morgan fingerprint density at radius 3 is 2.89 bits per heavy atom. The van der Waals surface area contributed by atoms with Crippen molar-refractivity contribution in [3.05, 3.63) is 23.3 Å². The van der Waals surface area contributed by atoms with Crippen LogP contribution in [0.15, 0.2) is 27.1 Å². The number of aromatic nitrogens is 4. The number of likely N-dealkylation sites (tertiary alicyclic amines) is 1. The molecule has 142 valence electrons. The number of anilines is 1. The van der Waals surface area contributed by atoms with E-state index in [9.17, 15) is 4.79 Å². The molecular weight excluding hydrogens is 380 g/mol. The van der Waals surface area contributed by atoms with Crippen molar-refractivity contribution in [2.45, 2.75) is 42.1 Å². The quantitative estimate of drug-likeness (QED) is 0.637. The first-order chi connectivity index (χ1) is 13.1. The van der Waals surface area contributed by atoms with Crippen LogP contribution in [0, 0.1) is 12.8 Å². The van der Waals surface area contributed by atoms with Gasteiger partial charge in [-0.2, -0.15) is 0 Å². The maximum atomic E-state index is 10.8. The lowest BCUT2D eigenvalue weighted by atomic mass is 9.94. The van der Waals surface area contributed by atoms with E-state index in [-0.39, 0.29) is 0 Å². The number of hydrogen-bond acceptors (Lipinski definition) is 7. The van der Waals surface area contributed by atoms with Crippen molar-refractivity contribution in [3.63, 3.8) is 0 Å². The van der Waals surface area contributed by atoms with Crippen LogP contribution in [0.25, 0.3) is 11.5 Å². The van der Waals surface area contributed by atoms with Crippen LogP contribution in [0.5, 0.6) is 0 Å². The van der Waals surface area contributed by atoms with E-state index in [4.69, 9.17) is 10.7 Å². The third-order valence-electron chi connectivity index (χ3n) is 5.05. The Labute approximate surface area is 166 Å². The van der Waals surface area contributed by atoms with Crippen molar-refractivity contribution in [2.75, 3.05) is 18.8 Å². The Morgan fingerprint density at radius 1 is 1.37 bits per heavy atom. The molecule has 9 heteroatoms. The highest BCUT2D eigenvalue weighted by atomic mass is 32.2. The topological polar surface area (TPSA) is 89.9 Å². The summed E-state index contributed by atoms with van der Waals surface area (Å²) in [4.78, 5) is 26.3. The SMILES string of the molecule is Cc1ccsc1Sc1nc2c(N)ncn(CCC3CCN(C=O)CC3)c-2n1. The van der Waals surface area contributed by atoms with Gasteiger partial charge in [0.15, 0.2) is 22.5 Å². The second kappa shape index (κ2) is 7.85. The first-order valence-electron chi connectivity index (χ1n) is 9.03. The van der Waals surface area contributed by atoms with Crippen molar-refractivity contribution < 1.29 is 4.79 Å². The summed E-state index contributed by atoms with van der Waals surface area (Å²) in [5.74, 6) is 1.83. The molecule has 0 atom stereocenters. The number of nitrogens with two attached hydrogens (primary N) is 1. The van der Waals surface area contributed by atoms with E-state index >= 15 is 0 Å². The van der Waals surface area contributed by atoms with Crippen LogP contribution in [-0.2, 0) is 11.3 Å². The molecule has 4 heterocycles. The summed E-state index contributed by atoms with van der Waals surface area (Å²) in [5.41, 5.74) is 7.95. The molecule has 2 N–H and O–H groups in total. The smallest absolute Gasteiger partial charge is 0.209 e. The zero-order valence-corrected chi connectivity index (χ0v) is 16.8.